The minimum Gasteiger partial charge on any atom is -0.465 e. The van der Waals surface area contributed by atoms with Crippen molar-refractivity contribution in [2.75, 3.05) is 19.5 Å². The number of aromatic nitrogens is 2. The van der Waals surface area contributed by atoms with Gasteiger partial charge in [0.1, 0.15) is 27.1 Å². The lowest BCUT2D eigenvalue weighted by Gasteiger charge is -2.10. The summed E-state index contributed by atoms with van der Waals surface area (Å²) in [5.74, 6) is -1.46. The fraction of sp³-hybridized carbons (Fsp3) is 0.350. The molecule has 0 aliphatic rings. The van der Waals surface area contributed by atoms with Crippen LogP contribution in [0.25, 0.3) is 10.2 Å². The normalized spacial score (nSPS) is 10.9. The van der Waals surface area contributed by atoms with Gasteiger partial charge in [0.05, 0.1) is 25.2 Å². The number of nitrogens with one attached hydrogen (secondary N) is 1. The predicted molar refractivity (Wildman–Crippen MR) is 118 cm³/mol. The smallest absolute Gasteiger partial charge is 0.348 e. The number of fused-ring (bicyclic) bond motifs is 1. The van der Waals surface area contributed by atoms with Crippen molar-refractivity contribution in [3.05, 3.63) is 42.6 Å². The van der Waals surface area contributed by atoms with Gasteiger partial charge in [0.2, 0.25) is 5.91 Å². The molecule has 0 bridgehead atoms. The van der Waals surface area contributed by atoms with Crippen LogP contribution in [-0.2, 0) is 20.8 Å². The number of ether oxygens (including phenoxy) is 2. The van der Waals surface area contributed by atoms with Gasteiger partial charge in [0.15, 0.2) is 0 Å². The zero-order chi connectivity index (χ0) is 23.0. The van der Waals surface area contributed by atoms with E-state index in [1.807, 2.05) is 13.8 Å². The Morgan fingerprint density at radius 3 is 2.26 bits per heavy atom. The molecule has 0 fully saturated rings. The van der Waals surface area contributed by atoms with Gasteiger partial charge in [0, 0.05) is 4.88 Å². The first kappa shape index (κ1) is 22.6. The molecule has 0 aliphatic heterocycles. The second-order valence-corrected chi connectivity index (χ2v) is 9.03. The molecule has 0 aliphatic carbocycles. The fourth-order valence-corrected chi connectivity index (χ4v) is 5.36. The van der Waals surface area contributed by atoms with Crippen LogP contribution >= 0.6 is 22.7 Å². The standard InChI is InChI=1S/C20H21N3O6S2/c1-8-10(3)30-16-13(8)18(25)23(11(4)21-16)7-12(24)22-17-14(19(26)28-5)9(2)15(31-17)20(27)29-6/h7H2,1-6H3,(H,22,24). The first-order valence-corrected chi connectivity index (χ1v) is 10.8. The Kier molecular flexibility index (Phi) is 6.27. The van der Waals surface area contributed by atoms with E-state index < -0.39 is 17.8 Å². The van der Waals surface area contributed by atoms with Crippen molar-refractivity contribution >= 4 is 55.7 Å². The third-order valence-electron chi connectivity index (χ3n) is 4.94. The quantitative estimate of drug-likeness (QED) is 0.578. The third kappa shape index (κ3) is 3.98. The Balaban J connectivity index is 1.98. The van der Waals surface area contributed by atoms with Crippen molar-refractivity contribution in [3.8, 4) is 0 Å². The summed E-state index contributed by atoms with van der Waals surface area (Å²) in [5.41, 5.74) is 0.963. The summed E-state index contributed by atoms with van der Waals surface area (Å²) in [6.45, 7) is 6.69. The van der Waals surface area contributed by atoms with Gasteiger partial charge in [-0.25, -0.2) is 14.6 Å². The number of amides is 1. The van der Waals surface area contributed by atoms with Gasteiger partial charge in [-0.3, -0.25) is 14.2 Å². The number of methoxy groups -OCH3 is 2. The molecule has 0 atom stereocenters. The van der Waals surface area contributed by atoms with Gasteiger partial charge < -0.3 is 14.8 Å². The molecule has 0 saturated heterocycles. The van der Waals surface area contributed by atoms with Crippen LogP contribution in [-0.4, -0.2) is 41.6 Å². The number of anilines is 1. The molecule has 3 aromatic rings. The molecule has 3 rings (SSSR count). The first-order chi connectivity index (χ1) is 14.6. The van der Waals surface area contributed by atoms with Crippen molar-refractivity contribution in [1.82, 2.24) is 9.55 Å². The highest BCUT2D eigenvalue weighted by Gasteiger charge is 2.27. The highest BCUT2D eigenvalue weighted by Crippen LogP contribution is 2.34. The molecular formula is C20H21N3O6S2. The van der Waals surface area contributed by atoms with E-state index in [9.17, 15) is 19.2 Å². The van der Waals surface area contributed by atoms with Gasteiger partial charge in [-0.1, -0.05) is 0 Å². The van der Waals surface area contributed by atoms with Crippen LogP contribution in [0.4, 0.5) is 5.00 Å². The predicted octanol–water partition coefficient (Wildman–Crippen LogP) is 2.97. The van der Waals surface area contributed by atoms with Crippen LogP contribution in [0.15, 0.2) is 4.79 Å². The summed E-state index contributed by atoms with van der Waals surface area (Å²) in [6.07, 6.45) is 0. The first-order valence-electron chi connectivity index (χ1n) is 9.17. The molecule has 1 N–H and O–H groups in total. The van der Waals surface area contributed by atoms with Gasteiger partial charge in [-0.05, 0) is 38.8 Å². The molecule has 0 saturated carbocycles. The van der Waals surface area contributed by atoms with E-state index in [2.05, 4.69) is 10.3 Å². The molecule has 9 nitrogen and oxygen atoms in total. The summed E-state index contributed by atoms with van der Waals surface area (Å²) in [4.78, 5) is 56.3. The fourth-order valence-electron chi connectivity index (χ4n) is 3.16. The number of nitrogens with zero attached hydrogens (tertiary/aromatic N) is 2. The maximum absolute atomic E-state index is 13.0. The highest BCUT2D eigenvalue weighted by atomic mass is 32.1. The van der Waals surface area contributed by atoms with Crippen LogP contribution in [0.1, 0.15) is 41.9 Å². The monoisotopic (exact) mass is 463 g/mol. The Bertz CT molecular complexity index is 1280. The molecule has 11 heteroatoms. The van der Waals surface area contributed by atoms with E-state index in [1.165, 1.54) is 30.1 Å². The van der Waals surface area contributed by atoms with Crippen LogP contribution in [0.5, 0.6) is 0 Å². The van der Waals surface area contributed by atoms with Crippen LogP contribution < -0.4 is 10.9 Å². The minimum atomic E-state index is -0.694. The molecule has 0 radical (unpaired) electrons. The molecule has 31 heavy (non-hydrogen) atoms. The minimum absolute atomic E-state index is 0.0724. The maximum atomic E-state index is 13.0. The molecule has 0 spiro atoms. The van der Waals surface area contributed by atoms with Crippen molar-refractivity contribution in [2.24, 2.45) is 0 Å². The van der Waals surface area contributed by atoms with Crippen LogP contribution in [0.3, 0.4) is 0 Å². The molecule has 0 aromatic carbocycles. The number of rotatable bonds is 5. The maximum Gasteiger partial charge on any atom is 0.348 e. The second kappa shape index (κ2) is 8.60. The SMILES string of the molecule is COC(=O)c1sc(NC(=O)Cn2c(C)nc3sc(C)c(C)c3c2=O)c(C(=O)OC)c1C. The number of aryl methyl sites for hydroxylation is 3. The summed E-state index contributed by atoms with van der Waals surface area (Å²) in [6, 6.07) is 0. The van der Waals surface area contributed by atoms with E-state index in [0.29, 0.717) is 21.6 Å². The van der Waals surface area contributed by atoms with E-state index in [4.69, 9.17) is 9.47 Å². The lowest BCUT2D eigenvalue weighted by Crippen LogP contribution is -2.30. The lowest BCUT2D eigenvalue weighted by atomic mass is 10.1. The number of esters is 2. The highest BCUT2D eigenvalue weighted by molar-refractivity contribution is 7.19. The van der Waals surface area contributed by atoms with E-state index >= 15 is 0 Å². The van der Waals surface area contributed by atoms with Crippen LogP contribution in [0, 0.1) is 27.7 Å². The average Bonchev–Trinajstić information content (AvgIpc) is 3.19. The number of carbonyl (C=O) groups is 3. The molecule has 0 unspecified atom stereocenters. The van der Waals surface area contributed by atoms with E-state index in [-0.39, 0.29) is 27.5 Å². The topological polar surface area (TPSA) is 117 Å². The van der Waals surface area contributed by atoms with Crippen LogP contribution in [0.2, 0.25) is 0 Å². The van der Waals surface area contributed by atoms with Gasteiger partial charge >= 0.3 is 11.9 Å². The third-order valence-corrected chi connectivity index (χ3v) is 7.23. The number of thiophene rings is 2. The molecule has 3 aromatic heterocycles. The zero-order valence-corrected chi connectivity index (χ0v) is 19.5. The summed E-state index contributed by atoms with van der Waals surface area (Å²) >= 11 is 2.35. The van der Waals surface area contributed by atoms with Gasteiger partial charge in [0.25, 0.3) is 5.56 Å². The summed E-state index contributed by atoms with van der Waals surface area (Å²) < 4.78 is 10.8. The largest absolute Gasteiger partial charge is 0.465 e. The Morgan fingerprint density at radius 1 is 1.00 bits per heavy atom. The molecule has 164 valence electrons. The molecule has 3 heterocycles. The van der Waals surface area contributed by atoms with Crippen molar-refractivity contribution in [2.45, 2.75) is 34.2 Å². The Morgan fingerprint density at radius 2 is 1.65 bits per heavy atom. The van der Waals surface area contributed by atoms with E-state index in [1.54, 1.807) is 13.8 Å². The summed E-state index contributed by atoms with van der Waals surface area (Å²) in [7, 11) is 2.43. The second-order valence-electron chi connectivity index (χ2n) is 6.81. The van der Waals surface area contributed by atoms with Gasteiger partial charge in [-0.2, -0.15) is 0 Å². The Labute approximate surface area is 185 Å². The van der Waals surface area contributed by atoms with Crippen molar-refractivity contribution < 1.29 is 23.9 Å². The van der Waals surface area contributed by atoms with Gasteiger partial charge in [-0.15, -0.1) is 22.7 Å². The number of hydrogen-bond donors (Lipinski definition) is 1. The number of carbonyl (C=O) groups excluding carboxylic acids is 3. The molecular weight excluding hydrogens is 442 g/mol. The van der Waals surface area contributed by atoms with E-state index in [0.717, 1.165) is 21.8 Å². The summed E-state index contributed by atoms with van der Waals surface area (Å²) in [5, 5.41) is 3.27. The van der Waals surface area contributed by atoms with Crippen molar-refractivity contribution in [1.29, 1.82) is 0 Å². The average molecular weight is 464 g/mol. The zero-order valence-electron chi connectivity index (χ0n) is 17.9. The number of hydrogen-bond acceptors (Lipinski definition) is 9. The Hall–Kier alpha value is -3.05. The lowest BCUT2D eigenvalue weighted by molar-refractivity contribution is -0.116. The van der Waals surface area contributed by atoms with Crippen molar-refractivity contribution in [3.63, 3.8) is 0 Å². The molecule has 1 amide bonds.